The Balaban J connectivity index is 0.000000106. The monoisotopic (exact) mass is 1710 g/mol. The number of hydrogen-bond donors (Lipinski definition) is 0. The van der Waals surface area contributed by atoms with Gasteiger partial charge in [0.15, 0.2) is 0 Å². The molecular formula is C132H85N3. The lowest BCUT2D eigenvalue weighted by Crippen LogP contribution is -1.95. The Hall–Kier alpha value is -17.8. The first-order chi connectivity index (χ1) is 67.1. The summed E-state index contributed by atoms with van der Waals surface area (Å²) >= 11 is 0. The Morgan fingerprint density at radius 3 is 0.711 bits per heavy atom. The van der Waals surface area contributed by atoms with E-state index in [2.05, 4.69) is 529 Å². The molecule has 0 aliphatic rings. The summed E-state index contributed by atoms with van der Waals surface area (Å²) in [5.41, 5.74) is 28.4. The second-order valence-corrected chi connectivity index (χ2v) is 35.4. The minimum atomic E-state index is 1.17. The molecule has 0 spiro atoms. The van der Waals surface area contributed by atoms with Gasteiger partial charge in [0, 0.05) is 49.4 Å². The molecule has 3 heterocycles. The Kier molecular flexibility index (Phi) is 19.0. The highest BCUT2D eigenvalue weighted by Gasteiger charge is 2.26. The molecule has 0 unspecified atom stereocenters. The molecule has 628 valence electrons. The van der Waals surface area contributed by atoms with Crippen molar-refractivity contribution in [2.24, 2.45) is 0 Å². The maximum absolute atomic E-state index is 2.41. The Morgan fingerprint density at radius 1 is 0.104 bits per heavy atom. The summed E-state index contributed by atoms with van der Waals surface area (Å²) in [6, 6.07) is 188. The summed E-state index contributed by atoms with van der Waals surface area (Å²) in [5.74, 6) is 0. The topological polar surface area (TPSA) is 14.8 Å². The third kappa shape index (κ3) is 13.0. The molecule has 0 radical (unpaired) electrons. The summed E-state index contributed by atoms with van der Waals surface area (Å²) < 4.78 is 7.17. The van der Waals surface area contributed by atoms with Gasteiger partial charge >= 0.3 is 0 Å². The van der Waals surface area contributed by atoms with Crippen LogP contribution in [0.3, 0.4) is 0 Å². The molecule has 0 fully saturated rings. The Morgan fingerprint density at radius 2 is 0.341 bits per heavy atom. The zero-order valence-electron chi connectivity index (χ0n) is 73.9. The molecule has 3 heteroatoms. The van der Waals surface area contributed by atoms with Crippen LogP contribution in [0.4, 0.5) is 0 Å². The number of hydrogen-bond acceptors (Lipinski definition) is 0. The fourth-order valence-corrected chi connectivity index (χ4v) is 22.3. The molecule has 0 N–H and O–H groups in total. The van der Waals surface area contributed by atoms with Gasteiger partial charge < -0.3 is 13.7 Å². The van der Waals surface area contributed by atoms with Gasteiger partial charge in [0.05, 0.1) is 33.1 Å². The van der Waals surface area contributed by atoms with Crippen molar-refractivity contribution in [3.05, 3.63) is 516 Å². The highest BCUT2D eigenvalue weighted by Crippen LogP contribution is 2.52. The number of nitrogens with zero attached hydrogens (tertiary/aromatic N) is 3. The van der Waals surface area contributed by atoms with Gasteiger partial charge in [-0.25, -0.2) is 0 Å². The fourth-order valence-electron chi connectivity index (χ4n) is 22.3. The maximum Gasteiger partial charge on any atom is 0.0541 e. The van der Waals surface area contributed by atoms with Gasteiger partial charge in [0.25, 0.3) is 0 Å². The zero-order chi connectivity index (χ0) is 89.0. The van der Waals surface area contributed by atoms with E-state index >= 15 is 0 Å². The molecular weight excluding hydrogens is 1630 g/mol. The van der Waals surface area contributed by atoms with Crippen molar-refractivity contribution in [3.8, 4) is 95.0 Å². The van der Waals surface area contributed by atoms with E-state index in [0.717, 1.165) is 0 Å². The van der Waals surface area contributed by atoms with E-state index in [0.29, 0.717) is 0 Å². The summed E-state index contributed by atoms with van der Waals surface area (Å²) in [6.45, 7) is 0. The molecule has 0 saturated carbocycles. The number of aromatic nitrogens is 3. The van der Waals surface area contributed by atoms with Crippen molar-refractivity contribution in [2.45, 2.75) is 0 Å². The average Bonchev–Trinajstić information content (AvgIpc) is 1.52. The predicted octanol–water partition coefficient (Wildman–Crippen LogP) is 36.4. The van der Waals surface area contributed by atoms with Crippen LogP contribution in [-0.2, 0) is 0 Å². The molecule has 0 amide bonds. The molecule has 3 nitrogen and oxygen atoms in total. The first-order valence-electron chi connectivity index (χ1n) is 46.7. The lowest BCUT2D eigenvalue weighted by Gasteiger charge is -2.20. The largest absolute Gasteiger partial charge is 0.309 e. The van der Waals surface area contributed by atoms with E-state index in [4.69, 9.17) is 0 Å². The maximum atomic E-state index is 2.41. The SMILES string of the molecule is c1ccc(-c2c3ccccc3c(-c3ccc(-c4ccc5c(c4)c4ccccc4n5-c4ccccc4)cc3)c3ccc4ccccc4c23)cc1.c1ccc(-c2c3ccccc3c(-c3ccc(-n4c5ccccc5c5ccccc54)cc3)c3ccc4ccccc4c23)cc1.c1ccc(-c2c3ccccc3c(-c3cccc(-n4c5ccccc5c5ccccc54)c3)c3ccc4ccccc4c23)cc1. The third-order valence-electron chi connectivity index (χ3n) is 28.1. The van der Waals surface area contributed by atoms with Crippen molar-refractivity contribution < 1.29 is 0 Å². The molecule has 0 atom stereocenters. The van der Waals surface area contributed by atoms with Crippen molar-refractivity contribution in [3.63, 3.8) is 0 Å². The second-order valence-electron chi connectivity index (χ2n) is 35.4. The van der Waals surface area contributed by atoms with Gasteiger partial charge in [0.1, 0.15) is 0 Å². The molecule has 0 bridgehead atoms. The number of fused-ring (bicyclic) bond motifs is 21. The van der Waals surface area contributed by atoms with E-state index in [-0.39, 0.29) is 0 Å². The molecule has 0 saturated heterocycles. The lowest BCUT2D eigenvalue weighted by atomic mass is 9.84. The third-order valence-corrected chi connectivity index (χ3v) is 28.1. The molecule has 28 rings (SSSR count). The fraction of sp³-hybridized carbons (Fsp3) is 0. The summed E-state index contributed by atoms with van der Waals surface area (Å²) in [4.78, 5) is 0. The quantitative estimate of drug-likeness (QED) is 0.0958. The Bertz CT molecular complexity index is 9470. The van der Waals surface area contributed by atoms with E-state index in [1.807, 2.05) is 0 Å². The van der Waals surface area contributed by atoms with Crippen LogP contribution in [0.25, 0.3) is 257 Å². The average molecular weight is 1710 g/mol. The van der Waals surface area contributed by atoms with Crippen LogP contribution >= 0.6 is 0 Å². The Labute approximate surface area is 781 Å². The van der Waals surface area contributed by atoms with Gasteiger partial charge in [-0.1, -0.05) is 437 Å². The second kappa shape index (κ2) is 32.7. The normalized spacial score (nSPS) is 11.7. The number of rotatable bonds is 10. The highest BCUT2D eigenvalue weighted by molar-refractivity contribution is 6.32. The zero-order valence-corrected chi connectivity index (χ0v) is 73.9. The van der Waals surface area contributed by atoms with Gasteiger partial charge in [0.2, 0.25) is 0 Å². The van der Waals surface area contributed by atoms with Gasteiger partial charge in [-0.3, -0.25) is 0 Å². The standard InChI is InChI=1S/C48H31N.2C42H27N/c1-3-14-34(15-4-1)47-41-21-10-9-20-40(41)46(42-29-27-33-13-7-8-18-38(33)48(42)47)35-25-23-32(24-26-35)36-28-30-45-43(31-36)39-19-11-12-22-44(39)49(45)37-16-5-2-6-17-37;1-2-14-29(15-3-1)41-36-22-7-6-21-35(36)40(37-26-25-28-13-4-5-18-32(28)42(37)41)30-16-12-17-31(27-30)43-38-23-10-8-19-33(38)34-20-9-11-24-39(34)43;1-2-13-29(14-3-1)41-36-19-7-6-18-35(36)40(37-27-24-28-12-4-5-15-32(28)42(37)41)30-22-25-31(26-23-30)43-38-20-10-8-16-33(38)34-17-9-11-21-39(34)43/h1-31H;2*1-27H. The van der Waals surface area contributed by atoms with Crippen LogP contribution in [0.15, 0.2) is 516 Å². The van der Waals surface area contributed by atoms with E-state index in [1.54, 1.807) is 0 Å². The minimum absolute atomic E-state index is 1.17. The van der Waals surface area contributed by atoms with Crippen LogP contribution < -0.4 is 0 Å². The summed E-state index contributed by atoms with van der Waals surface area (Å²) in [5, 5.41) is 30.7. The summed E-state index contributed by atoms with van der Waals surface area (Å²) in [6.07, 6.45) is 0. The van der Waals surface area contributed by atoms with Crippen molar-refractivity contribution in [2.75, 3.05) is 0 Å². The minimum Gasteiger partial charge on any atom is -0.309 e. The predicted molar refractivity (Wildman–Crippen MR) is 578 cm³/mol. The van der Waals surface area contributed by atoms with Crippen molar-refractivity contribution >= 4 is 162 Å². The molecule has 0 aliphatic carbocycles. The smallest absolute Gasteiger partial charge is 0.0541 e. The van der Waals surface area contributed by atoms with Gasteiger partial charge in [-0.15, -0.1) is 0 Å². The lowest BCUT2D eigenvalue weighted by molar-refractivity contribution is 1.18. The molecule has 3 aromatic heterocycles. The molecule has 25 aromatic carbocycles. The molecule has 135 heavy (non-hydrogen) atoms. The molecule has 0 aliphatic heterocycles. The van der Waals surface area contributed by atoms with Crippen LogP contribution in [0.5, 0.6) is 0 Å². The van der Waals surface area contributed by atoms with Crippen molar-refractivity contribution in [1.82, 2.24) is 13.7 Å². The van der Waals surface area contributed by atoms with E-state index in [9.17, 15) is 0 Å². The number of benzene rings is 25. The van der Waals surface area contributed by atoms with Crippen LogP contribution in [0.2, 0.25) is 0 Å². The highest BCUT2D eigenvalue weighted by atomic mass is 15.0. The first kappa shape index (κ1) is 78.3. The summed E-state index contributed by atoms with van der Waals surface area (Å²) in [7, 11) is 0. The van der Waals surface area contributed by atoms with Crippen LogP contribution in [0.1, 0.15) is 0 Å². The molecule has 28 aromatic rings. The van der Waals surface area contributed by atoms with Crippen molar-refractivity contribution in [1.29, 1.82) is 0 Å². The van der Waals surface area contributed by atoms with E-state index < -0.39 is 0 Å². The van der Waals surface area contributed by atoms with Crippen LogP contribution in [0, 0.1) is 0 Å². The van der Waals surface area contributed by atoms with Gasteiger partial charge in [-0.05, 0) is 254 Å². The first-order valence-corrected chi connectivity index (χ1v) is 46.7. The number of para-hydroxylation sites is 6. The van der Waals surface area contributed by atoms with Gasteiger partial charge in [-0.2, -0.15) is 0 Å². The van der Waals surface area contributed by atoms with E-state index in [1.165, 1.54) is 257 Å². The van der Waals surface area contributed by atoms with Crippen LogP contribution in [-0.4, -0.2) is 13.7 Å².